The summed E-state index contributed by atoms with van der Waals surface area (Å²) in [6, 6.07) is 10.2. The van der Waals surface area contributed by atoms with E-state index < -0.39 is 0 Å². The predicted molar refractivity (Wildman–Crippen MR) is 77.1 cm³/mol. The highest BCUT2D eigenvalue weighted by atomic mass is 16.5. The Hall–Kier alpha value is -1.36. The molecule has 0 aliphatic heterocycles. The van der Waals surface area contributed by atoms with E-state index in [9.17, 15) is 0 Å². The Labute approximate surface area is 114 Å². The maximum Gasteiger partial charge on any atom is 0.134 e. The number of fused-ring (bicyclic) bond motifs is 1. The van der Waals surface area contributed by atoms with Gasteiger partial charge in [-0.3, -0.25) is 4.90 Å². The van der Waals surface area contributed by atoms with Crippen LogP contribution in [0.15, 0.2) is 34.7 Å². The molecule has 0 fully saturated rings. The van der Waals surface area contributed by atoms with E-state index in [2.05, 4.69) is 11.8 Å². The van der Waals surface area contributed by atoms with Crippen molar-refractivity contribution in [1.82, 2.24) is 4.90 Å². The first-order valence-corrected chi connectivity index (χ1v) is 6.55. The average molecular weight is 262 g/mol. The monoisotopic (exact) mass is 262 g/mol. The maximum atomic E-state index is 6.22. The summed E-state index contributed by atoms with van der Waals surface area (Å²) in [5, 5.41) is 1.10. The normalized spacial score (nSPS) is 15.0. The minimum atomic E-state index is -0.128. The van der Waals surface area contributed by atoms with Crippen LogP contribution in [0.5, 0.6) is 0 Å². The highest BCUT2D eigenvalue weighted by molar-refractivity contribution is 5.77. The number of nitrogens with two attached hydrogens (primary N) is 1. The first-order chi connectivity index (χ1) is 9.11. The fraction of sp³-hybridized carbons (Fsp3) is 0.467. The summed E-state index contributed by atoms with van der Waals surface area (Å²) in [5.74, 6) is 0.831. The molecular formula is C15H22N2O2. The van der Waals surface area contributed by atoms with Crippen molar-refractivity contribution < 1.29 is 9.15 Å². The summed E-state index contributed by atoms with van der Waals surface area (Å²) < 4.78 is 10.9. The number of para-hydroxylation sites is 1. The van der Waals surface area contributed by atoms with Crippen molar-refractivity contribution >= 4 is 11.0 Å². The molecular weight excluding hydrogens is 240 g/mol. The van der Waals surface area contributed by atoms with Gasteiger partial charge in [-0.25, -0.2) is 0 Å². The number of methoxy groups -OCH3 is 1. The molecule has 0 amide bonds. The Morgan fingerprint density at radius 2 is 2.11 bits per heavy atom. The molecule has 0 spiro atoms. The molecule has 0 bridgehead atoms. The highest BCUT2D eigenvalue weighted by Crippen LogP contribution is 2.23. The minimum absolute atomic E-state index is 0.128. The van der Waals surface area contributed by atoms with Crippen LogP contribution in [-0.4, -0.2) is 38.3 Å². The van der Waals surface area contributed by atoms with E-state index in [4.69, 9.17) is 14.9 Å². The number of ether oxygens (including phenoxy) is 1. The van der Waals surface area contributed by atoms with E-state index in [-0.39, 0.29) is 6.04 Å². The quantitative estimate of drug-likeness (QED) is 0.868. The lowest BCUT2D eigenvalue weighted by Gasteiger charge is -2.26. The zero-order chi connectivity index (χ0) is 13.8. The number of rotatable bonds is 6. The van der Waals surface area contributed by atoms with Crippen molar-refractivity contribution in [1.29, 1.82) is 0 Å². The van der Waals surface area contributed by atoms with Gasteiger partial charge in [-0.05, 0) is 26.1 Å². The van der Waals surface area contributed by atoms with Gasteiger partial charge in [0.25, 0.3) is 0 Å². The number of benzene rings is 1. The van der Waals surface area contributed by atoms with Crippen molar-refractivity contribution in [2.45, 2.75) is 19.0 Å². The lowest BCUT2D eigenvalue weighted by molar-refractivity contribution is 0.111. The van der Waals surface area contributed by atoms with E-state index >= 15 is 0 Å². The molecule has 0 saturated heterocycles. The van der Waals surface area contributed by atoms with Crippen LogP contribution in [0.1, 0.15) is 18.7 Å². The van der Waals surface area contributed by atoms with Crippen LogP contribution in [0.4, 0.5) is 0 Å². The van der Waals surface area contributed by atoms with Crippen molar-refractivity contribution in [3.05, 3.63) is 36.1 Å². The van der Waals surface area contributed by atoms with Crippen molar-refractivity contribution in [2.75, 3.05) is 27.3 Å². The number of hydrogen-bond donors (Lipinski definition) is 1. The van der Waals surface area contributed by atoms with Crippen LogP contribution in [-0.2, 0) is 4.74 Å². The standard InChI is InChI=1S/C15H22N2O2/c1-11(10-18-3)17(2)9-13(16)15-8-12-6-4-5-7-14(12)19-15/h4-8,11,13H,9-10,16H2,1-3H3. The minimum Gasteiger partial charge on any atom is -0.459 e. The lowest BCUT2D eigenvalue weighted by atomic mass is 10.2. The Morgan fingerprint density at radius 1 is 1.37 bits per heavy atom. The second-order valence-electron chi connectivity index (χ2n) is 5.04. The van der Waals surface area contributed by atoms with Crippen LogP contribution in [0.3, 0.4) is 0 Å². The zero-order valence-corrected chi connectivity index (χ0v) is 11.8. The zero-order valence-electron chi connectivity index (χ0n) is 11.8. The molecule has 1 heterocycles. The SMILES string of the molecule is COCC(C)N(C)CC(N)c1cc2ccccc2o1. The van der Waals surface area contributed by atoms with E-state index in [1.807, 2.05) is 37.4 Å². The van der Waals surface area contributed by atoms with Crippen LogP contribution in [0.2, 0.25) is 0 Å². The first-order valence-electron chi connectivity index (χ1n) is 6.55. The molecule has 2 aromatic rings. The van der Waals surface area contributed by atoms with Crippen molar-refractivity contribution in [3.63, 3.8) is 0 Å². The molecule has 19 heavy (non-hydrogen) atoms. The van der Waals surface area contributed by atoms with E-state index in [1.165, 1.54) is 0 Å². The Morgan fingerprint density at radius 3 is 2.79 bits per heavy atom. The molecule has 1 aromatic heterocycles. The topological polar surface area (TPSA) is 51.6 Å². The van der Waals surface area contributed by atoms with Gasteiger partial charge in [-0.1, -0.05) is 18.2 Å². The van der Waals surface area contributed by atoms with Crippen molar-refractivity contribution in [3.8, 4) is 0 Å². The largest absolute Gasteiger partial charge is 0.459 e. The fourth-order valence-electron chi connectivity index (χ4n) is 2.13. The van der Waals surface area contributed by atoms with Crippen molar-refractivity contribution in [2.24, 2.45) is 5.73 Å². The van der Waals surface area contributed by atoms with Crippen LogP contribution >= 0.6 is 0 Å². The summed E-state index contributed by atoms with van der Waals surface area (Å²) in [6.07, 6.45) is 0. The van der Waals surface area contributed by atoms with E-state index in [0.717, 1.165) is 23.3 Å². The summed E-state index contributed by atoms with van der Waals surface area (Å²) in [4.78, 5) is 2.18. The third kappa shape index (κ3) is 3.35. The molecule has 4 heteroatoms. The summed E-state index contributed by atoms with van der Waals surface area (Å²) >= 11 is 0. The van der Waals surface area contributed by atoms with Crippen LogP contribution in [0, 0.1) is 0 Å². The van der Waals surface area contributed by atoms with Gasteiger partial charge < -0.3 is 14.9 Å². The summed E-state index contributed by atoms with van der Waals surface area (Å²) in [5.41, 5.74) is 7.11. The van der Waals surface area contributed by atoms with Gasteiger partial charge in [0, 0.05) is 25.1 Å². The maximum absolute atomic E-state index is 6.22. The lowest BCUT2D eigenvalue weighted by Crippen LogP contribution is -2.37. The predicted octanol–water partition coefficient (Wildman–Crippen LogP) is 2.40. The average Bonchev–Trinajstić information content (AvgIpc) is 2.82. The third-order valence-corrected chi connectivity index (χ3v) is 3.46. The van der Waals surface area contributed by atoms with Gasteiger partial charge in [0.05, 0.1) is 12.6 Å². The molecule has 2 rings (SSSR count). The molecule has 1 aromatic carbocycles. The van der Waals surface area contributed by atoms with E-state index in [1.54, 1.807) is 7.11 Å². The molecule has 2 unspecified atom stereocenters. The van der Waals surface area contributed by atoms with Crippen LogP contribution < -0.4 is 5.73 Å². The third-order valence-electron chi connectivity index (χ3n) is 3.46. The summed E-state index contributed by atoms with van der Waals surface area (Å²) in [6.45, 7) is 3.56. The van der Waals surface area contributed by atoms with Gasteiger partial charge >= 0.3 is 0 Å². The van der Waals surface area contributed by atoms with Gasteiger partial charge in [0.15, 0.2) is 0 Å². The fourth-order valence-corrected chi connectivity index (χ4v) is 2.13. The van der Waals surface area contributed by atoms with Crippen LogP contribution in [0.25, 0.3) is 11.0 Å². The Kier molecular flexibility index (Phi) is 4.58. The Bertz CT molecular complexity index is 491. The second-order valence-corrected chi connectivity index (χ2v) is 5.04. The molecule has 0 aliphatic carbocycles. The van der Waals surface area contributed by atoms with Gasteiger partial charge in [-0.2, -0.15) is 0 Å². The molecule has 0 radical (unpaired) electrons. The first kappa shape index (κ1) is 14.1. The number of hydrogen-bond acceptors (Lipinski definition) is 4. The van der Waals surface area contributed by atoms with E-state index in [0.29, 0.717) is 12.6 Å². The van der Waals surface area contributed by atoms with Gasteiger partial charge in [0.2, 0.25) is 0 Å². The molecule has 0 aliphatic rings. The number of likely N-dealkylation sites (N-methyl/N-ethyl adjacent to an activating group) is 1. The molecule has 2 atom stereocenters. The van der Waals surface area contributed by atoms with Gasteiger partial charge in [-0.15, -0.1) is 0 Å². The van der Waals surface area contributed by atoms with Gasteiger partial charge in [0.1, 0.15) is 11.3 Å². The second kappa shape index (κ2) is 6.19. The summed E-state index contributed by atoms with van der Waals surface area (Å²) in [7, 11) is 3.76. The smallest absolute Gasteiger partial charge is 0.134 e. The molecule has 104 valence electrons. The number of furan rings is 1. The molecule has 2 N–H and O–H groups in total. The molecule has 0 saturated carbocycles. The Balaban J connectivity index is 2.04. The molecule has 4 nitrogen and oxygen atoms in total. The highest BCUT2D eigenvalue weighted by Gasteiger charge is 2.17. The number of nitrogens with zero attached hydrogens (tertiary/aromatic N) is 1.